The molecule has 0 aliphatic rings. The van der Waals surface area contributed by atoms with Crippen molar-refractivity contribution < 1.29 is 14.3 Å². The Labute approximate surface area is 174 Å². The number of anilines is 1. The van der Waals surface area contributed by atoms with Crippen molar-refractivity contribution in [1.82, 2.24) is 5.32 Å². The quantitative estimate of drug-likeness (QED) is 0.609. The number of rotatable bonds is 7. The van der Waals surface area contributed by atoms with Crippen LogP contribution in [0.5, 0.6) is 5.75 Å². The van der Waals surface area contributed by atoms with Crippen LogP contribution in [0.3, 0.4) is 0 Å². The fourth-order valence-electron chi connectivity index (χ4n) is 2.59. The molecule has 28 heavy (non-hydrogen) atoms. The number of ether oxygens (including phenoxy) is 1. The first-order valence-electron chi connectivity index (χ1n) is 8.93. The van der Waals surface area contributed by atoms with Gasteiger partial charge >= 0.3 is 0 Å². The molecule has 148 valence electrons. The van der Waals surface area contributed by atoms with Crippen molar-refractivity contribution in [2.24, 2.45) is 0 Å². The lowest BCUT2D eigenvalue weighted by atomic mass is 9.86. The molecule has 2 amide bonds. The lowest BCUT2D eigenvalue weighted by Gasteiger charge is -2.23. The highest BCUT2D eigenvalue weighted by molar-refractivity contribution is 9.10. The number of benzene rings is 2. The standard InChI is InChI=1S/C22H25BrN2O3/c1-5-12-24-21(27)16-8-6-7-9-18(16)25-20(26)14-28-19-11-10-15(23)13-17(19)22(2,3)4/h5-11,13H,1,12,14H2,2-4H3,(H,24,27)(H,25,26). The SMILES string of the molecule is C=CCNC(=O)c1ccccc1NC(=O)COc1ccc(Br)cc1C(C)(C)C. The highest BCUT2D eigenvalue weighted by Crippen LogP contribution is 2.33. The Morgan fingerprint density at radius 3 is 2.57 bits per heavy atom. The average Bonchev–Trinajstić information content (AvgIpc) is 2.64. The van der Waals surface area contributed by atoms with Crippen molar-refractivity contribution >= 4 is 33.4 Å². The molecule has 0 atom stereocenters. The summed E-state index contributed by atoms with van der Waals surface area (Å²) in [6, 6.07) is 12.5. The second-order valence-corrected chi connectivity index (χ2v) is 8.19. The van der Waals surface area contributed by atoms with Crippen LogP contribution < -0.4 is 15.4 Å². The molecular weight excluding hydrogens is 420 g/mol. The van der Waals surface area contributed by atoms with Crippen molar-refractivity contribution in [3.63, 3.8) is 0 Å². The smallest absolute Gasteiger partial charge is 0.262 e. The molecule has 2 aromatic carbocycles. The summed E-state index contributed by atoms with van der Waals surface area (Å²) in [5, 5.41) is 5.45. The zero-order valence-electron chi connectivity index (χ0n) is 16.3. The van der Waals surface area contributed by atoms with Crippen LogP contribution in [0.2, 0.25) is 0 Å². The van der Waals surface area contributed by atoms with E-state index in [0.29, 0.717) is 23.5 Å². The van der Waals surface area contributed by atoms with E-state index >= 15 is 0 Å². The van der Waals surface area contributed by atoms with E-state index in [4.69, 9.17) is 4.74 Å². The van der Waals surface area contributed by atoms with Crippen LogP contribution >= 0.6 is 15.9 Å². The van der Waals surface area contributed by atoms with E-state index in [9.17, 15) is 9.59 Å². The normalized spacial score (nSPS) is 10.9. The minimum absolute atomic E-state index is 0.134. The summed E-state index contributed by atoms with van der Waals surface area (Å²) in [6.45, 7) is 10.0. The minimum atomic E-state index is -0.341. The van der Waals surface area contributed by atoms with Crippen LogP contribution in [0.25, 0.3) is 0 Å². The summed E-state index contributed by atoms with van der Waals surface area (Å²) in [6.07, 6.45) is 1.60. The van der Waals surface area contributed by atoms with Gasteiger partial charge < -0.3 is 15.4 Å². The zero-order chi connectivity index (χ0) is 20.7. The van der Waals surface area contributed by atoms with E-state index in [1.54, 1.807) is 30.3 Å². The third-order valence-corrected chi connectivity index (χ3v) is 4.45. The average molecular weight is 445 g/mol. The first-order chi connectivity index (χ1) is 13.2. The predicted octanol–water partition coefficient (Wildman–Crippen LogP) is 4.68. The van der Waals surface area contributed by atoms with Crippen molar-refractivity contribution in [2.45, 2.75) is 26.2 Å². The number of carbonyl (C=O) groups is 2. The van der Waals surface area contributed by atoms with Crippen LogP contribution in [-0.2, 0) is 10.2 Å². The van der Waals surface area contributed by atoms with E-state index in [0.717, 1.165) is 10.0 Å². The molecule has 0 saturated heterocycles. The van der Waals surface area contributed by atoms with Crippen molar-refractivity contribution in [1.29, 1.82) is 0 Å². The van der Waals surface area contributed by atoms with E-state index in [1.165, 1.54) is 0 Å². The largest absolute Gasteiger partial charge is 0.483 e. The highest BCUT2D eigenvalue weighted by atomic mass is 79.9. The van der Waals surface area contributed by atoms with Crippen molar-refractivity contribution in [3.05, 3.63) is 70.7 Å². The predicted molar refractivity (Wildman–Crippen MR) is 116 cm³/mol. The highest BCUT2D eigenvalue weighted by Gasteiger charge is 2.20. The molecule has 0 aliphatic carbocycles. The summed E-state index contributed by atoms with van der Waals surface area (Å²) in [5.41, 5.74) is 1.69. The number of halogens is 1. The fourth-order valence-corrected chi connectivity index (χ4v) is 2.96. The van der Waals surface area contributed by atoms with Crippen LogP contribution in [-0.4, -0.2) is 25.0 Å². The molecule has 2 aromatic rings. The molecule has 0 bridgehead atoms. The number of hydrogen-bond donors (Lipinski definition) is 2. The summed E-state index contributed by atoms with van der Waals surface area (Å²) < 4.78 is 6.72. The van der Waals surface area contributed by atoms with Gasteiger partial charge in [0.1, 0.15) is 5.75 Å². The first-order valence-corrected chi connectivity index (χ1v) is 9.72. The van der Waals surface area contributed by atoms with Gasteiger partial charge in [0.15, 0.2) is 6.61 Å². The van der Waals surface area contributed by atoms with Crippen LogP contribution in [0.15, 0.2) is 59.6 Å². The Morgan fingerprint density at radius 1 is 1.18 bits per heavy atom. The topological polar surface area (TPSA) is 67.4 Å². The van der Waals surface area contributed by atoms with Crippen LogP contribution in [0.4, 0.5) is 5.69 Å². The van der Waals surface area contributed by atoms with Gasteiger partial charge in [0.05, 0.1) is 11.3 Å². The number of hydrogen-bond acceptors (Lipinski definition) is 3. The molecule has 0 saturated carbocycles. The molecule has 2 rings (SSSR count). The Hall–Kier alpha value is -2.60. The van der Waals surface area contributed by atoms with Gasteiger partial charge in [-0.05, 0) is 35.7 Å². The second kappa shape index (κ2) is 9.55. The molecular formula is C22H25BrN2O3. The molecule has 0 radical (unpaired) electrons. The lowest BCUT2D eigenvalue weighted by Crippen LogP contribution is -2.26. The van der Waals surface area contributed by atoms with Gasteiger partial charge in [-0.3, -0.25) is 9.59 Å². The van der Waals surface area contributed by atoms with Gasteiger partial charge in [-0.25, -0.2) is 0 Å². The monoisotopic (exact) mass is 444 g/mol. The van der Waals surface area contributed by atoms with Crippen molar-refractivity contribution in [3.8, 4) is 5.75 Å². The molecule has 0 heterocycles. The Balaban J connectivity index is 2.09. The molecule has 0 aliphatic heterocycles. The minimum Gasteiger partial charge on any atom is -0.483 e. The van der Waals surface area contributed by atoms with E-state index in [1.807, 2.05) is 18.2 Å². The Morgan fingerprint density at radius 2 is 1.89 bits per heavy atom. The molecule has 0 unspecified atom stereocenters. The molecule has 0 aromatic heterocycles. The Bertz CT molecular complexity index is 872. The van der Waals surface area contributed by atoms with Gasteiger partial charge in [-0.1, -0.05) is 54.9 Å². The van der Waals surface area contributed by atoms with Gasteiger partial charge in [-0.2, -0.15) is 0 Å². The zero-order valence-corrected chi connectivity index (χ0v) is 17.9. The number of carbonyl (C=O) groups excluding carboxylic acids is 2. The maximum absolute atomic E-state index is 12.4. The molecule has 0 fully saturated rings. The summed E-state index contributed by atoms with van der Waals surface area (Å²) >= 11 is 3.47. The third-order valence-electron chi connectivity index (χ3n) is 3.96. The van der Waals surface area contributed by atoms with Crippen LogP contribution in [0.1, 0.15) is 36.7 Å². The van der Waals surface area contributed by atoms with Gasteiger partial charge in [-0.15, -0.1) is 6.58 Å². The molecule has 0 spiro atoms. The molecule has 6 heteroatoms. The maximum atomic E-state index is 12.4. The van der Waals surface area contributed by atoms with E-state index in [-0.39, 0.29) is 23.8 Å². The Kier molecular flexibility index (Phi) is 7.40. The number of amides is 2. The van der Waals surface area contributed by atoms with E-state index in [2.05, 4.69) is 53.9 Å². The second-order valence-electron chi connectivity index (χ2n) is 7.27. The summed E-state index contributed by atoms with van der Waals surface area (Å²) in [7, 11) is 0. The van der Waals surface area contributed by atoms with Gasteiger partial charge in [0.2, 0.25) is 0 Å². The maximum Gasteiger partial charge on any atom is 0.262 e. The molecule has 5 nitrogen and oxygen atoms in total. The number of para-hydroxylation sites is 1. The van der Waals surface area contributed by atoms with Gasteiger partial charge in [0.25, 0.3) is 11.8 Å². The first kappa shape index (κ1) is 21.7. The number of nitrogens with one attached hydrogen (secondary N) is 2. The third kappa shape index (κ3) is 5.96. The molecule has 2 N–H and O–H groups in total. The summed E-state index contributed by atoms with van der Waals surface area (Å²) in [5.74, 6) is 0.0363. The van der Waals surface area contributed by atoms with Crippen molar-refractivity contribution in [2.75, 3.05) is 18.5 Å². The fraction of sp³-hybridized carbons (Fsp3) is 0.273. The lowest BCUT2D eigenvalue weighted by molar-refractivity contribution is -0.118. The van der Waals surface area contributed by atoms with Gasteiger partial charge in [0, 0.05) is 16.6 Å². The van der Waals surface area contributed by atoms with E-state index < -0.39 is 0 Å². The van der Waals surface area contributed by atoms with Crippen LogP contribution in [0, 0.1) is 0 Å². The summed E-state index contributed by atoms with van der Waals surface area (Å²) in [4.78, 5) is 24.6.